The highest BCUT2D eigenvalue weighted by Gasteiger charge is 2.12. The first-order chi connectivity index (χ1) is 7.95. The number of aryl methyl sites for hydroxylation is 2. The third-order valence-corrected chi connectivity index (χ3v) is 2.27. The summed E-state index contributed by atoms with van der Waals surface area (Å²) in [7, 11) is 1.28. The molecule has 0 amide bonds. The maximum absolute atomic E-state index is 10.9. The maximum atomic E-state index is 10.9. The third-order valence-electron chi connectivity index (χ3n) is 2.27. The summed E-state index contributed by atoms with van der Waals surface area (Å²) in [6.07, 6.45) is 0. The van der Waals surface area contributed by atoms with Crippen LogP contribution in [-0.4, -0.2) is 30.8 Å². The van der Waals surface area contributed by atoms with E-state index in [9.17, 15) is 9.59 Å². The van der Waals surface area contributed by atoms with Gasteiger partial charge in [-0.25, -0.2) is 9.59 Å². The Morgan fingerprint density at radius 2 is 1.76 bits per heavy atom. The summed E-state index contributed by atoms with van der Waals surface area (Å²) in [4.78, 5) is 21.8. The zero-order chi connectivity index (χ0) is 13.0. The third kappa shape index (κ3) is 3.21. The minimum absolute atomic E-state index is 0.190. The fraction of sp³-hybridized carbons (Fsp3) is 0.333. The molecule has 1 aromatic carbocycles. The first kappa shape index (κ1) is 13.0. The number of aromatic carboxylic acids is 1. The average molecular weight is 238 g/mol. The highest BCUT2D eigenvalue weighted by atomic mass is 16.6. The number of carboxylic acid groups (broad SMARTS) is 1. The van der Waals surface area contributed by atoms with Crippen LogP contribution in [0.15, 0.2) is 12.1 Å². The van der Waals surface area contributed by atoms with E-state index in [1.165, 1.54) is 19.2 Å². The number of ether oxygens (including phenoxy) is 2. The van der Waals surface area contributed by atoms with E-state index in [-0.39, 0.29) is 12.2 Å². The van der Waals surface area contributed by atoms with Crippen LogP contribution in [0.4, 0.5) is 0 Å². The zero-order valence-corrected chi connectivity index (χ0v) is 9.94. The second-order valence-corrected chi connectivity index (χ2v) is 3.61. The smallest absolute Gasteiger partial charge is 0.343 e. The van der Waals surface area contributed by atoms with Crippen molar-refractivity contribution in [2.45, 2.75) is 13.8 Å². The average Bonchev–Trinajstić information content (AvgIpc) is 2.27. The molecular weight excluding hydrogens is 224 g/mol. The number of hydrogen-bond acceptors (Lipinski definition) is 4. The molecule has 0 aliphatic rings. The number of esters is 1. The van der Waals surface area contributed by atoms with Gasteiger partial charge in [0.1, 0.15) is 5.75 Å². The molecule has 0 saturated heterocycles. The molecule has 0 atom stereocenters. The van der Waals surface area contributed by atoms with Gasteiger partial charge in [0.2, 0.25) is 0 Å². The first-order valence-electron chi connectivity index (χ1n) is 5.00. The van der Waals surface area contributed by atoms with E-state index in [1.807, 2.05) is 0 Å². The quantitative estimate of drug-likeness (QED) is 0.806. The highest BCUT2D eigenvalue weighted by Crippen LogP contribution is 2.24. The van der Waals surface area contributed by atoms with Crippen molar-refractivity contribution in [1.29, 1.82) is 0 Å². The van der Waals surface area contributed by atoms with Gasteiger partial charge in [-0.05, 0) is 37.1 Å². The van der Waals surface area contributed by atoms with E-state index in [4.69, 9.17) is 9.84 Å². The summed E-state index contributed by atoms with van der Waals surface area (Å²) in [6.45, 7) is 3.27. The second-order valence-electron chi connectivity index (χ2n) is 3.61. The molecule has 0 heterocycles. The number of hydrogen-bond donors (Lipinski definition) is 1. The van der Waals surface area contributed by atoms with Gasteiger partial charge in [0.15, 0.2) is 6.61 Å². The molecule has 0 unspecified atom stereocenters. The summed E-state index contributed by atoms with van der Waals surface area (Å²) in [5, 5.41) is 8.87. The lowest BCUT2D eigenvalue weighted by molar-refractivity contribution is -0.142. The van der Waals surface area contributed by atoms with E-state index >= 15 is 0 Å². The molecule has 1 aromatic rings. The summed E-state index contributed by atoms with van der Waals surface area (Å²) in [5.74, 6) is -0.956. The number of carbonyl (C=O) groups excluding carboxylic acids is 1. The zero-order valence-electron chi connectivity index (χ0n) is 9.94. The minimum atomic E-state index is -0.990. The predicted molar refractivity (Wildman–Crippen MR) is 60.4 cm³/mol. The van der Waals surface area contributed by atoms with Gasteiger partial charge < -0.3 is 14.6 Å². The van der Waals surface area contributed by atoms with Crippen molar-refractivity contribution >= 4 is 11.9 Å². The van der Waals surface area contributed by atoms with E-state index in [2.05, 4.69) is 4.74 Å². The normalized spacial score (nSPS) is 9.82. The highest BCUT2D eigenvalue weighted by molar-refractivity contribution is 5.88. The van der Waals surface area contributed by atoms with E-state index in [1.54, 1.807) is 13.8 Å². The van der Waals surface area contributed by atoms with Gasteiger partial charge in [-0.3, -0.25) is 0 Å². The first-order valence-corrected chi connectivity index (χ1v) is 5.00. The number of rotatable bonds is 4. The molecule has 0 bridgehead atoms. The Morgan fingerprint density at radius 1 is 1.24 bits per heavy atom. The van der Waals surface area contributed by atoms with Crippen molar-refractivity contribution < 1.29 is 24.2 Å². The van der Waals surface area contributed by atoms with Crippen LogP contribution in [0.25, 0.3) is 0 Å². The Kier molecular flexibility index (Phi) is 4.09. The Labute approximate surface area is 99.0 Å². The van der Waals surface area contributed by atoms with Gasteiger partial charge in [-0.1, -0.05) is 0 Å². The molecule has 0 saturated carbocycles. The summed E-state index contributed by atoms with van der Waals surface area (Å²) < 4.78 is 9.74. The monoisotopic (exact) mass is 238 g/mol. The molecule has 5 heteroatoms. The summed E-state index contributed by atoms with van der Waals surface area (Å²) in [5.41, 5.74) is 1.54. The molecule has 0 aliphatic heterocycles. The fourth-order valence-electron chi connectivity index (χ4n) is 1.49. The van der Waals surface area contributed by atoms with Gasteiger partial charge >= 0.3 is 11.9 Å². The van der Waals surface area contributed by atoms with Crippen LogP contribution in [0.2, 0.25) is 0 Å². The Balaban J connectivity index is 2.94. The number of benzene rings is 1. The lowest BCUT2D eigenvalue weighted by Gasteiger charge is -2.12. The largest absolute Gasteiger partial charge is 0.481 e. The van der Waals surface area contributed by atoms with Crippen LogP contribution in [0.3, 0.4) is 0 Å². The molecule has 0 aliphatic carbocycles. The topological polar surface area (TPSA) is 72.8 Å². The fourth-order valence-corrected chi connectivity index (χ4v) is 1.49. The Morgan fingerprint density at radius 3 is 2.18 bits per heavy atom. The number of methoxy groups -OCH3 is 1. The lowest BCUT2D eigenvalue weighted by atomic mass is 10.1. The Hall–Kier alpha value is -2.04. The molecular formula is C12H14O5. The van der Waals surface area contributed by atoms with Crippen LogP contribution >= 0.6 is 0 Å². The molecule has 5 nitrogen and oxygen atoms in total. The van der Waals surface area contributed by atoms with Crippen LogP contribution in [0.5, 0.6) is 5.75 Å². The van der Waals surface area contributed by atoms with Crippen LogP contribution in [0, 0.1) is 13.8 Å². The molecule has 0 aromatic heterocycles. The van der Waals surface area contributed by atoms with Gasteiger partial charge in [0.25, 0.3) is 0 Å². The minimum Gasteiger partial charge on any atom is -0.481 e. The SMILES string of the molecule is COC(=O)COc1c(C)cc(C(=O)O)cc1C. The van der Waals surface area contributed by atoms with Crippen LogP contribution in [0.1, 0.15) is 21.5 Å². The standard InChI is InChI=1S/C12H14O5/c1-7-4-9(12(14)15)5-8(2)11(7)17-6-10(13)16-3/h4-5H,6H2,1-3H3,(H,14,15). The van der Waals surface area contributed by atoms with Crippen molar-refractivity contribution in [3.63, 3.8) is 0 Å². The van der Waals surface area contributed by atoms with Gasteiger partial charge in [0.05, 0.1) is 12.7 Å². The number of carbonyl (C=O) groups is 2. The van der Waals surface area contributed by atoms with Gasteiger partial charge in [-0.2, -0.15) is 0 Å². The van der Waals surface area contributed by atoms with Crippen LogP contribution in [-0.2, 0) is 9.53 Å². The number of carboxylic acids is 1. The van der Waals surface area contributed by atoms with E-state index in [0.717, 1.165) is 0 Å². The van der Waals surface area contributed by atoms with Gasteiger partial charge in [-0.15, -0.1) is 0 Å². The molecule has 1 N–H and O–H groups in total. The Bertz CT molecular complexity index is 427. The van der Waals surface area contributed by atoms with Crippen molar-refractivity contribution in [2.75, 3.05) is 13.7 Å². The van der Waals surface area contributed by atoms with Gasteiger partial charge in [0, 0.05) is 0 Å². The second kappa shape index (κ2) is 5.34. The lowest BCUT2D eigenvalue weighted by Crippen LogP contribution is -2.14. The van der Waals surface area contributed by atoms with Crippen molar-refractivity contribution in [3.05, 3.63) is 28.8 Å². The van der Waals surface area contributed by atoms with Crippen molar-refractivity contribution in [1.82, 2.24) is 0 Å². The van der Waals surface area contributed by atoms with Crippen LogP contribution < -0.4 is 4.74 Å². The molecule has 0 radical (unpaired) electrons. The molecule has 1 rings (SSSR count). The summed E-state index contributed by atoms with van der Waals surface area (Å²) in [6, 6.07) is 3.00. The van der Waals surface area contributed by atoms with E-state index < -0.39 is 11.9 Å². The van der Waals surface area contributed by atoms with Crippen molar-refractivity contribution in [3.8, 4) is 5.75 Å². The molecule has 0 spiro atoms. The maximum Gasteiger partial charge on any atom is 0.343 e. The molecule has 0 fully saturated rings. The molecule has 17 heavy (non-hydrogen) atoms. The summed E-state index contributed by atoms with van der Waals surface area (Å²) >= 11 is 0. The van der Waals surface area contributed by atoms with Crippen molar-refractivity contribution in [2.24, 2.45) is 0 Å². The molecule has 92 valence electrons. The predicted octanol–water partition coefficient (Wildman–Crippen LogP) is 1.55. The van der Waals surface area contributed by atoms with E-state index in [0.29, 0.717) is 16.9 Å².